The van der Waals surface area contributed by atoms with E-state index in [1.165, 1.54) is 56.7 Å². The van der Waals surface area contributed by atoms with Crippen LogP contribution in [0.3, 0.4) is 0 Å². The largest absolute Gasteiger partial charge is 0.465 e. The summed E-state index contributed by atoms with van der Waals surface area (Å²) in [6.45, 7) is 0. The van der Waals surface area contributed by atoms with Crippen LogP contribution >= 0.6 is 0 Å². The van der Waals surface area contributed by atoms with E-state index in [-0.39, 0.29) is 16.9 Å². The summed E-state index contributed by atoms with van der Waals surface area (Å²) in [5.74, 6) is -1.04. The second-order valence-corrected chi connectivity index (χ2v) is 4.29. The zero-order valence-electron chi connectivity index (χ0n) is 12.0. The van der Waals surface area contributed by atoms with E-state index in [1.807, 2.05) is 0 Å². The molecular weight excluding hydrogens is 291 g/mol. The number of halogens is 1. The molecule has 5 nitrogen and oxygen atoms in total. The summed E-state index contributed by atoms with van der Waals surface area (Å²) < 4.78 is 27.7. The molecule has 2 rings (SSSR count). The van der Waals surface area contributed by atoms with Crippen molar-refractivity contribution in [2.75, 3.05) is 14.2 Å². The third kappa shape index (κ3) is 3.60. The lowest BCUT2D eigenvalue weighted by atomic mass is 10.1. The quantitative estimate of drug-likeness (QED) is 0.812. The van der Waals surface area contributed by atoms with Gasteiger partial charge in [-0.15, -0.1) is 0 Å². The van der Waals surface area contributed by atoms with Gasteiger partial charge >= 0.3 is 11.9 Å². The lowest BCUT2D eigenvalue weighted by Crippen LogP contribution is -2.07. The van der Waals surface area contributed by atoms with Crippen LogP contribution in [-0.4, -0.2) is 26.2 Å². The van der Waals surface area contributed by atoms with E-state index >= 15 is 0 Å². The van der Waals surface area contributed by atoms with Gasteiger partial charge in [-0.1, -0.05) is 0 Å². The van der Waals surface area contributed by atoms with Crippen molar-refractivity contribution in [3.63, 3.8) is 0 Å². The Hall–Kier alpha value is -2.89. The molecule has 0 saturated heterocycles. The third-order valence-electron chi connectivity index (χ3n) is 2.80. The van der Waals surface area contributed by atoms with Crippen LogP contribution in [0.1, 0.15) is 20.7 Å². The first kappa shape index (κ1) is 15.5. The number of esters is 2. The average Bonchev–Trinajstić information content (AvgIpc) is 2.55. The topological polar surface area (TPSA) is 61.8 Å². The zero-order valence-corrected chi connectivity index (χ0v) is 12.0. The van der Waals surface area contributed by atoms with Crippen molar-refractivity contribution in [1.29, 1.82) is 0 Å². The SMILES string of the molecule is COC(=O)c1cc(Oc2ccc(F)cc2)cc(C(=O)OC)c1. The third-order valence-corrected chi connectivity index (χ3v) is 2.80. The minimum Gasteiger partial charge on any atom is -0.465 e. The van der Waals surface area contributed by atoms with Crippen LogP contribution in [0.5, 0.6) is 11.5 Å². The van der Waals surface area contributed by atoms with Gasteiger partial charge in [0.1, 0.15) is 17.3 Å². The Morgan fingerprint density at radius 1 is 0.818 bits per heavy atom. The van der Waals surface area contributed by atoms with Crippen molar-refractivity contribution in [2.24, 2.45) is 0 Å². The maximum Gasteiger partial charge on any atom is 0.338 e. The molecule has 0 aliphatic heterocycles. The van der Waals surface area contributed by atoms with Crippen LogP contribution < -0.4 is 4.74 Å². The number of rotatable bonds is 4. The van der Waals surface area contributed by atoms with Gasteiger partial charge in [-0.05, 0) is 42.5 Å². The number of carbonyl (C=O) groups excluding carboxylic acids is 2. The summed E-state index contributed by atoms with van der Waals surface area (Å²) in [5.41, 5.74) is 0.282. The number of hydrogen-bond acceptors (Lipinski definition) is 5. The van der Waals surface area contributed by atoms with Crippen LogP contribution in [0, 0.1) is 5.82 Å². The lowest BCUT2D eigenvalue weighted by Gasteiger charge is -2.09. The summed E-state index contributed by atoms with van der Waals surface area (Å²) >= 11 is 0. The van der Waals surface area contributed by atoms with E-state index in [4.69, 9.17) is 4.74 Å². The van der Waals surface area contributed by atoms with E-state index in [9.17, 15) is 14.0 Å². The van der Waals surface area contributed by atoms with Gasteiger partial charge in [-0.2, -0.15) is 0 Å². The second kappa shape index (κ2) is 6.71. The lowest BCUT2D eigenvalue weighted by molar-refractivity contribution is 0.0598. The fourth-order valence-corrected chi connectivity index (χ4v) is 1.77. The van der Waals surface area contributed by atoms with E-state index in [2.05, 4.69) is 9.47 Å². The average molecular weight is 304 g/mol. The highest BCUT2D eigenvalue weighted by Crippen LogP contribution is 2.25. The Morgan fingerprint density at radius 3 is 1.77 bits per heavy atom. The molecule has 114 valence electrons. The summed E-state index contributed by atoms with van der Waals surface area (Å²) in [4.78, 5) is 23.3. The van der Waals surface area contributed by atoms with Gasteiger partial charge in [0, 0.05) is 0 Å². The molecule has 2 aromatic rings. The smallest absolute Gasteiger partial charge is 0.338 e. The predicted molar refractivity (Wildman–Crippen MR) is 75.6 cm³/mol. The van der Waals surface area contributed by atoms with Crippen molar-refractivity contribution >= 4 is 11.9 Å². The van der Waals surface area contributed by atoms with Crippen molar-refractivity contribution in [1.82, 2.24) is 0 Å². The van der Waals surface area contributed by atoms with Gasteiger partial charge in [-0.3, -0.25) is 0 Å². The van der Waals surface area contributed by atoms with Crippen LogP contribution in [-0.2, 0) is 9.47 Å². The summed E-state index contributed by atoms with van der Waals surface area (Å²) in [7, 11) is 2.46. The van der Waals surface area contributed by atoms with E-state index in [0.29, 0.717) is 5.75 Å². The first-order valence-electron chi connectivity index (χ1n) is 6.28. The van der Waals surface area contributed by atoms with Crippen LogP contribution in [0.25, 0.3) is 0 Å². The number of hydrogen-bond donors (Lipinski definition) is 0. The molecule has 0 amide bonds. The van der Waals surface area contributed by atoms with Crippen LogP contribution in [0.15, 0.2) is 42.5 Å². The van der Waals surface area contributed by atoms with Gasteiger partial charge in [0.2, 0.25) is 0 Å². The van der Waals surface area contributed by atoms with E-state index < -0.39 is 17.8 Å². The molecule has 0 fully saturated rings. The Balaban J connectivity index is 2.38. The summed E-state index contributed by atoms with van der Waals surface area (Å²) in [6.07, 6.45) is 0. The first-order valence-corrected chi connectivity index (χ1v) is 6.28. The highest BCUT2D eigenvalue weighted by molar-refractivity contribution is 5.96. The Bertz CT molecular complexity index is 660. The van der Waals surface area contributed by atoms with Crippen molar-refractivity contribution in [2.45, 2.75) is 0 Å². The molecule has 0 saturated carbocycles. The molecule has 2 aromatic carbocycles. The molecule has 0 aliphatic carbocycles. The Kier molecular flexibility index (Phi) is 4.73. The maximum atomic E-state index is 12.9. The molecule has 0 radical (unpaired) electrons. The van der Waals surface area contributed by atoms with Gasteiger partial charge in [0.25, 0.3) is 0 Å². The molecule has 22 heavy (non-hydrogen) atoms. The van der Waals surface area contributed by atoms with Crippen molar-refractivity contribution in [3.05, 3.63) is 59.4 Å². The predicted octanol–water partition coefficient (Wildman–Crippen LogP) is 3.19. The molecule has 0 aliphatic rings. The Morgan fingerprint density at radius 2 is 1.32 bits per heavy atom. The molecule has 0 heterocycles. The maximum absolute atomic E-state index is 12.9. The van der Waals surface area contributed by atoms with Gasteiger partial charge in [-0.25, -0.2) is 14.0 Å². The molecule has 0 N–H and O–H groups in total. The molecule has 0 spiro atoms. The minimum atomic E-state index is -0.616. The number of methoxy groups -OCH3 is 2. The standard InChI is InChI=1S/C16H13FO5/c1-20-15(18)10-7-11(16(19)21-2)9-14(8-10)22-13-5-3-12(17)4-6-13/h3-9H,1-2H3. The highest BCUT2D eigenvalue weighted by Gasteiger charge is 2.14. The molecule has 0 atom stereocenters. The van der Waals surface area contributed by atoms with E-state index in [1.54, 1.807) is 0 Å². The Labute approximate surface area is 126 Å². The van der Waals surface area contributed by atoms with Gasteiger partial charge < -0.3 is 14.2 Å². The fraction of sp³-hybridized carbons (Fsp3) is 0.125. The number of ether oxygens (including phenoxy) is 3. The normalized spacial score (nSPS) is 9.95. The monoisotopic (exact) mass is 304 g/mol. The first-order chi connectivity index (χ1) is 10.5. The number of carbonyl (C=O) groups is 2. The molecule has 0 bridgehead atoms. The molecule has 6 heteroatoms. The van der Waals surface area contributed by atoms with Crippen molar-refractivity contribution in [3.8, 4) is 11.5 Å². The van der Waals surface area contributed by atoms with Crippen LogP contribution in [0.4, 0.5) is 4.39 Å². The summed E-state index contributed by atoms with van der Waals surface area (Å²) in [6, 6.07) is 9.51. The highest BCUT2D eigenvalue weighted by atomic mass is 19.1. The molecular formula is C16H13FO5. The fourth-order valence-electron chi connectivity index (χ4n) is 1.77. The van der Waals surface area contributed by atoms with Crippen molar-refractivity contribution < 1.29 is 28.2 Å². The van der Waals surface area contributed by atoms with E-state index in [0.717, 1.165) is 0 Å². The zero-order chi connectivity index (χ0) is 16.1. The summed E-state index contributed by atoms with van der Waals surface area (Å²) in [5, 5.41) is 0. The second-order valence-electron chi connectivity index (χ2n) is 4.29. The molecule has 0 unspecified atom stereocenters. The number of benzene rings is 2. The van der Waals surface area contributed by atoms with Gasteiger partial charge in [0.05, 0.1) is 25.3 Å². The van der Waals surface area contributed by atoms with Crippen LogP contribution in [0.2, 0.25) is 0 Å². The van der Waals surface area contributed by atoms with Gasteiger partial charge in [0.15, 0.2) is 0 Å². The molecule has 0 aromatic heterocycles. The minimum absolute atomic E-state index is 0.141.